The van der Waals surface area contributed by atoms with Crippen LogP contribution in [0.1, 0.15) is 31.3 Å². The summed E-state index contributed by atoms with van der Waals surface area (Å²) in [5, 5.41) is 0. The number of methoxy groups -OCH3 is 1. The van der Waals surface area contributed by atoms with E-state index in [1.807, 2.05) is 35.4 Å². The highest BCUT2D eigenvalue weighted by atomic mass is 16.5. The van der Waals surface area contributed by atoms with Crippen LogP contribution in [0.3, 0.4) is 0 Å². The number of anilines is 1. The Morgan fingerprint density at radius 2 is 2.00 bits per heavy atom. The number of likely N-dealkylation sites (tertiary alicyclic amines) is 1. The Morgan fingerprint density at radius 3 is 2.75 bits per heavy atom. The van der Waals surface area contributed by atoms with Gasteiger partial charge in [0, 0.05) is 45.1 Å². The van der Waals surface area contributed by atoms with Gasteiger partial charge in [0.15, 0.2) is 6.10 Å². The molecule has 8 nitrogen and oxygen atoms in total. The fraction of sp³-hybridized carbons (Fsp3) is 0.542. The summed E-state index contributed by atoms with van der Waals surface area (Å²) in [7, 11) is 1.71. The molecule has 172 valence electrons. The number of nitrogens with zero attached hydrogens (tertiary/aromatic N) is 4. The topological polar surface area (TPSA) is 76.9 Å². The number of ether oxygens (including phenoxy) is 2. The number of hydrogen-bond acceptors (Lipinski definition) is 5. The number of para-hydroxylation sites is 2. The van der Waals surface area contributed by atoms with Crippen molar-refractivity contribution in [2.45, 2.75) is 45.8 Å². The summed E-state index contributed by atoms with van der Waals surface area (Å²) >= 11 is 0. The molecule has 0 bridgehead atoms. The molecule has 0 N–H and O–H groups in total. The number of carbonyl (C=O) groups is 2. The zero-order valence-corrected chi connectivity index (χ0v) is 19.1. The zero-order chi connectivity index (χ0) is 22.7. The monoisotopic (exact) mass is 440 g/mol. The third-order valence-electron chi connectivity index (χ3n) is 6.46. The standard InChI is InChI=1S/C24H32N4O4/c1-17-15-25-22(27(17)12-13-31-3)14-19-8-10-26(11-9-19)23(29)16-28-20-6-4-5-7-21(20)32-18(2)24(28)30/h4-7,15,18-19H,8-14,16H2,1-3H3. The van der Waals surface area contributed by atoms with E-state index in [1.165, 1.54) is 0 Å². The van der Waals surface area contributed by atoms with Gasteiger partial charge in [-0.05, 0) is 44.7 Å². The van der Waals surface area contributed by atoms with Crippen molar-refractivity contribution in [3.8, 4) is 5.75 Å². The first-order chi connectivity index (χ1) is 15.5. The number of amides is 2. The van der Waals surface area contributed by atoms with Gasteiger partial charge in [0.2, 0.25) is 5.91 Å². The molecule has 1 saturated heterocycles. The molecule has 32 heavy (non-hydrogen) atoms. The minimum atomic E-state index is -0.589. The van der Waals surface area contributed by atoms with E-state index in [9.17, 15) is 9.59 Å². The Labute approximate surface area is 189 Å². The normalized spacial score (nSPS) is 19.1. The summed E-state index contributed by atoms with van der Waals surface area (Å²) < 4.78 is 13.1. The first-order valence-electron chi connectivity index (χ1n) is 11.3. The summed E-state index contributed by atoms with van der Waals surface area (Å²) in [6.45, 7) is 6.73. The molecular formula is C24H32N4O4. The van der Waals surface area contributed by atoms with E-state index in [2.05, 4.69) is 16.5 Å². The maximum atomic E-state index is 13.0. The third-order valence-corrected chi connectivity index (χ3v) is 6.46. The van der Waals surface area contributed by atoms with Gasteiger partial charge in [-0.3, -0.25) is 14.5 Å². The van der Waals surface area contributed by atoms with E-state index in [1.54, 1.807) is 18.9 Å². The molecule has 2 amide bonds. The molecule has 1 fully saturated rings. The highest BCUT2D eigenvalue weighted by molar-refractivity contribution is 6.03. The van der Waals surface area contributed by atoms with E-state index >= 15 is 0 Å². The van der Waals surface area contributed by atoms with Crippen LogP contribution < -0.4 is 9.64 Å². The molecule has 3 heterocycles. The van der Waals surface area contributed by atoms with Gasteiger partial charge in [0.25, 0.3) is 5.91 Å². The summed E-state index contributed by atoms with van der Waals surface area (Å²) in [6, 6.07) is 7.38. The average Bonchev–Trinajstić information content (AvgIpc) is 3.14. The van der Waals surface area contributed by atoms with Gasteiger partial charge in [-0.25, -0.2) is 4.98 Å². The predicted octanol–water partition coefficient (Wildman–Crippen LogP) is 2.43. The van der Waals surface area contributed by atoms with Crippen molar-refractivity contribution in [2.24, 2.45) is 5.92 Å². The van der Waals surface area contributed by atoms with Gasteiger partial charge in [-0.15, -0.1) is 0 Å². The molecule has 0 aliphatic carbocycles. The van der Waals surface area contributed by atoms with Gasteiger partial charge < -0.3 is 18.9 Å². The number of carbonyl (C=O) groups excluding carboxylic acids is 2. The summed E-state index contributed by atoms with van der Waals surface area (Å²) in [6.07, 6.45) is 4.11. The molecule has 2 aromatic rings. The number of benzene rings is 1. The van der Waals surface area contributed by atoms with E-state index in [0.29, 0.717) is 37.1 Å². The minimum Gasteiger partial charge on any atom is -0.479 e. The Bertz CT molecular complexity index is 965. The average molecular weight is 441 g/mol. The molecule has 1 unspecified atom stereocenters. The van der Waals surface area contributed by atoms with Gasteiger partial charge in [-0.2, -0.15) is 0 Å². The maximum absolute atomic E-state index is 13.0. The zero-order valence-electron chi connectivity index (χ0n) is 19.1. The van der Waals surface area contributed by atoms with Crippen molar-refractivity contribution < 1.29 is 19.1 Å². The molecule has 1 aromatic heterocycles. The van der Waals surface area contributed by atoms with E-state index < -0.39 is 6.10 Å². The molecule has 1 aromatic carbocycles. The van der Waals surface area contributed by atoms with Crippen molar-refractivity contribution >= 4 is 17.5 Å². The van der Waals surface area contributed by atoms with E-state index in [4.69, 9.17) is 9.47 Å². The predicted molar refractivity (Wildman–Crippen MR) is 121 cm³/mol. The molecule has 0 saturated carbocycles. The van der Waals surface area contributed by atoms with Crippen LogP contribution in [0.25, 0.3) is 0 Å². The third kappa shape index (κ3) is 4.65. The molecule has 0 spiro atoms. The lowest BCUT2D eigenvalue weighted by atomic mass is 9.93. The number of hydrogen-bond donors (Lipinski definition) is 0. The lowest BCUT2D eigenvalue weighted by Crippen LogP contribution is -2.50. The SMILES string of the molecule is COCCn1c(C)cnc1CC1CCN(C(=O)CN2C(=O)C(C)Oc3ccccc32)CC1. The van der Waals surface area contributed by atoms with Crippen LogP contribution in [0.2, 0.25) is 0 Å². The number of rotatable bonds is 7. The van der Waals surface area contributed by atoms with Crippen LogP contribution >= 0.6 is 0 Å². The van der Waals surface area contributed by atoms with Crippen LogP contribution in [0.5, 0.6) is 5.75 Å². The maximum Gasteiger partial charge on any atom is 0.268 e. The Hall–Kier alpha value is -2.87. The van der Waals surface area contributed by atoms with Crippen molar-refractivity contribution in [2.75, 3.05) is 38.3 Å². The number of aryl methyl sites for hydroxylation is 1. The number of imidazole rings is 1. The van der Waals surface area contributed by atoms with Crippen molar-refractivity contribution in [3.05, 3.63) is 42.0 Å². The summed E-state index contributed by atoms with van der Waals surface area (Å²) in [5.74, 6) is 2.04. The lowest BCUT2D eigenvalue weighted by Gasteiger charge is -2.36. The molecule has 1 atom stereocenters. The van der Waals surface area contributed by atoms with Crippen LogP contribution in [-0.2, 0) is 27.3 Å². The summed E-state index contributed by atoms with van der Waals surface area (Å²) in [4.78, 5) is 33.8. The largest absolute Gasteiger partial charge is 0.479 e. The highest BCUT2D eigenvalue weighted by Crippen LogP contribution is 2.33. The van der Waals surface area contributed by atoms with Crippen molar-refractivity contribution in [3.63, 3.8) is 0 Å². The summed E-state index contributed by atoms with van der Waals surface area (Å²) in [5.41, 5.74) is 1.81. The quantitative estimate of drug-likeness (QED) is 0.661. The molecule has 2 aliphatic heterocycles. The van der Waals surface area contributed by atoms with Gasteiger partial charge in [0.05, 0.1) is 12.3 Å². The second-order valence-electron chi connectivity index (χ2n) is 8.64. The smallest absolute Gasteiger partial charge is 0.268 e. The minimum absolute atomic E-state index is 0.0156. The second kappa shape index (κ2) is 9.73. The first kappa shape index (κ1) is 22.3. The fourth-order valence-electron chi connectivity index (χ4n) is 4.56. The van der Waals surface area contributed by atoms with Crippen LogP contribution in [0.4, 0.5) is 5.69 Å². The lowest BCUT2D eigenvalue weighted by molar-refractivity contribution is -0.134. The van der Waals surface area contributed by atoms with Gasteiger partial charge in [0.1, 0.15) is 18.1 Å². The number of aromatic nitrogens is 2. The molecule has 2 aliphatic rings. The van der Waals surface area contributed by atoms with Crippen molar-refractivity contribution in [1.82, 2.24) is 14.5 Å². The first-order valence-corrected chi connectivity index (χ1v) is 11.3. The molecule has 8 heteroatoms. The number of fused-ring (bicyclic) bond motifs is 1. The van der Waals surface area contributed by atoms with E-state index in [0.717, 1.165) is 37.3 Å². The highest BCUT2D eigenvalue weighted by Gasteiger charge is 2.34. The molecule has 4 rings (SSSR count). The van der Waals surface area contributed by atoms with Gasteiger partial charge >= 0.3 is 0 Å². The van der Waals surface area contributed by atoms with Crippen LogP contribution in [0, 0.1) is 12.8 Å². The Balaban J connectivity index is 1.34. The van der Waals surface area contributed by atoms with Crippen LogP contribution in [0.15, 0.2) is 30.5 Å². The molecule has 0 radical (unpaired) electrons. The molecular weight excluding hydrogens is 408 g/mol. The Morgan fingerprint density at radius 1 is 1.25 bits per heavy atom. The van der Waals surface area contributed by atoms with Crippen molar-refractivity contribution in [1.29, 1.82) is 0 Å². The number of piperidine rings is 1. The van der Waals surface area contributed by atoms with Gasteiger partial charge in [-0.1, -0.05) is 12.1 Å². The Kier molecular flexibility index (Phi) is 6.79. The van der Waals surface area contributed by atoms with E-state index in [-0.39, 0.29) is 18.4 Å². The van der Waals surface area contributed by atoms with Crippen LogP contribution in [-0.4, -0.2) is 65.7 Å². The second-order valence-corrected chi connectivity index (χ2v) is 8.64. The fourth-order valence-corrected chi connectivity index (χ4v) is 4.56.